The summed E-state index contributed by atoms with van der Waals surface area (Å²) in [6.07, 6.45) is 5.00. The fourth-order valence-corrected chi connectivity index (χ4v) is 3.97. The lowest BCUT2D eigenvalue weighted by molar-refractivity contribution is -0.134. The van der Waals surface area contributed by atoms with Crippen LogP contribution in [0.2, 0.25) is 0 Å². The molecule has 2 saturated heterocycles. The molecule has 0 spiro atoms. The van der Waals surface area contributed by atoms with E-state index in [0.717, 1.165) is 25.9 Å². The number of nitrogens with one attached hydrogen (secondary N) is 1. The summed E-state index contributed by atoms with van der Waals surface area (Å²) < 4.78 is 10.8. The Bertz CT molecular complexity index is 904. The van der Waals surface area contributed by atoms with Crippen molar-refractivity contribution in [1.29, 1.82) is 0 Å². The first-order valence-electron chi connectivity index (χ1n) is 10.7. The number of amides is 3. The number of ether oxygens (including phenoxy) is 1. The second-order valence-corrected chi connectivity index (χ2v) is 7.93. The van der Waals surface area contributed by atoms with Crippen LogP contribution < -0.4 is 15.0 Å². The van der Waals surface area contributed by atoms with Gasteiger partial charge in [0.25, 0.3) is 5.91 Å². The van der Waals surface area contributed by atoms with Crippen LogP contribution in [0, 0.1) is 5.92 Å². The molecule has 31 heavy (non-hydrogen) atoms. The van der Waals surface area contributed by atoms with E-state index >= 15 is 0 Å². The SMILES string of the molecule is O=C(NCc1ccco1)[C@@H]1CC(=O)N(c2ccc(OCC(=O)N3CCCCC3)cc2)C1. The van der Waals surface area contributed by atoms with Crippen molar-refractivity contribution in [3.63, 3.8) is 0 Å². The molecular formula is C23H27N3O5. The van der Waals surface area contributed by atoms with Gasteiger partial charge in [-0.3, -0.25) is 14.4 Å². The Labute approximate surface area is 181 Å². The Morgan fingerprint density at radius 2 is 1.87 bits per heavy atom. The van der Waals surface area contributed by atoms with E-state index in [9.17, 15) is 14.4 Å². The van der Waals surface area contributed by atoms with Gasteiger partial charge >= 0.3 is 0 Å². The third kappa shape index (κ3) is 5.25. The van der Waals surface area contributed by atoms with Gasteiger partial charge in [0.15, 0.2) is 6.61 Å². The topological polar surface area (TPSA) is 92.1 Å². The summed E-state index contributed by atoms with van der Waals surface area (Å²) in [6, 6.07) is 10.6. The molecule has 1 atom stereocenters. The molecule has 164 valence electrons. The highest BCUT2D eigenvalue weighted by Crippen LogP contribution is 2.27. The van der Waals surface area contributed by atoms with Crippen LogP contribution in [-0.2, 0) is 20.9 Å². The lowest BCUT2D eigenvalue weighted by Gasteiger charge is -2.26. The van der Waals surface area contributed by atoms with E-state index in [4.69, 9.17) is 9.15 Å². The lowest BCUT2D eigenvalue weighted by Crippen LogP contribution is -2.38. The van der Waals surface area contributed by atoms with E-state index in [-0.39, 0.29) is 30.7 Å². The number of carbonyl (C=O) groups excluding carboxylic acids is 3. The molecular weight excluding hydrogens is 398 g/mol. The van der Waals surface area contributed by atoms with Crippen LogP contribution in [0.3, 0.4) is 0 Å². The summed E-state index contributed by atoms with van der Waals surface area (Å²) in [4.78, 5) is 40.5. The smallest absolute Gasteiger partial charge is 0.260 e. The third-order valence-electron chi connectivity index (χ3n) is 5.73. The fraction of sp³-hybridized carbons (Fsp3) is 0.435. The molecule has 2 aromatic rings. The van der Waals surface area contributed by atoms with Crippen LogP contribution in [0.5, 0.6) is 5.75 Å². The van der Waals surface area contributed by atoms with Crippen LogP contribution in [0.4, 0.5) is 5.69 Å². The molecule has 0 radical (unpaired) electrons. The minimum Gasteiger partial charge on any atom is -0.484 e. The van der Waals surface area contributed by atoms with E-state index in [1.807, 2.05) is 4.90 Å². The van der Waals surface area contributed by atoms with E-state index in [1.165, 1.54) is 6.42 Å². The molecule has 3 heterocycles. The largest absolute Gasteiger partial charge is 0.484 e. The van der Waals surface area contributed by atoms with E-state index in [2.05, 4.69) is 5.32 Å². The summed E-state index contributed by atoms with van der Waals surface area (Å²) in [5.41, 5.74) is 0.709. The number of hydrogen-bond acceptors (Lipinski definition) is 5. The minimum atomic E-state index is -0.402. The highest BCUT2D eigenvalue weighted by Gasteiger charge is 2.35. The molecule has 1 aromatic carbocycles. The zero-order valence-corrected chi connectivity index (χ0v) is 17.4. The summed E-state index contributed by atoms with van der Waals surface area (Å²) in [5, 5.41) is 2.82. The maximum absolute atomic E-state index is 12.4. The summed E-state index contributed by atoms with van der Waals surface area (Å²) in [6.45, 7) is 2.25. The number of furan rings is 1. The Morgan fingerprint density at radius 3 is 2.58 bits per heavy atom. The van der Waals surface area contributed by atoms with Crippen molar-refractivity contribution in [2.45, 2.75) is 32.2 Å². The Kier molecular flexibility index (Phi) is 6.54. The number of likely N-dealkylation sites (tertiary alicyclic amines) is 1. The third-order valence-corrected chi connectivity index (χ3v) is 5.73. The molecule has 8 heteroatoms. The van der Waals surface area contributed by atoms with Crippen molar-refractivity contribution in [1.82, 2.24) is 10.2 Å². The minimum absolute atomic E-state index is 0.00176. The Morgan fingerprint density at radius 1 is 1.10 bits per heavy atom. The van der Waals surface area contributed by atoms with Gasteiger partial charge in [0.1, 0.15) is 11.5 Å². The van der Waals surface area contributed by atoms with Gasteiger partial charge in [-0.15, -0.1) is 0 Å². The highest BCUT2D eigenvalue weighted by atomic mass is 16.5. The fourth-order valence-electron chi connectivity index (χ4n) is 3.97. The molecule has 0 aliphatic carbocycles. The molecule has 1 aromatic heterocycles. The van der Waals surface area contributed by atoms with Gasteiger partial charge in [0.2, 0.25) is 11.8 Å². The molecule has 3 amide bonds. The normalized spacial score (nSPS) is 18.8. The van der Waals surface area contributed by atoms with Crippen LogP contribution >= 0.6 is 0 Å². The lowest BCUT2D eigenvalue weighted by atomic mass is 10.1. The maximum atomic E-state index is 12.4. The zero-order chi connectivity index (χ0) is 21.6. The average Bonchev–Trinajstić information content (AvgIpc) is 3.46. The van der Waals surface area contributed by atoms with E-state index in [0.29, 0.717) is 30.3 Å². The van der Waals surface area contributed by atoms with E-state index in [1.54, 1.807) is 47.6 Å². The molecule has 2 aliphatic rings. The van der Waals surface area contributed by atoms with Gasteiger partial charge in [-0.05, 0) is 55.7 Å². The molecule has 8 nitrogen and oxygen atoms in total. The van der Waals surface area contributed by atoms with Crippen molar-refractivity contribution in [3.05, 3.63) is 48.4 Å². The summed E-state index contributed by atoms with van der Waals surface area (Å²) in [7, 11) is 0. The molecule has 4 rings (SSSR count). The number of anilines is 1. The molecule has 0 saturated carbocycles. The number of nitrogens with zero attached hydrogens (tertiary/aromatic N) is 2. The first kappa shape index (κ1) is 21.0. The van der Waals surface area contributed by atoms with Gasteiger partial charge < -0.3 is 24.3 Å². The molecule has 0 bridgehead atoms. The molecule has 2 fully saturated rings. The Balaban J connectivity index is 1.27. The molecule has 1 N–H and O–H groups in total. The van der Waals surface area contributed by atoms with Crippen molar-refractivity contribution < 1.29 is 23.5 Å². The second-order valence-electron chi connectivity index (χ2n) is 7.93. The number of rotatable bonds is 7. The first-order chi connectivity index (χ1) is 15.1. The number of carbonyl (C=O) groups is 3. The van der Waals surface area contributed by atoms with Gasteiger partial charge in [-0.25, -0.2) is 0 Å². The van der Waals surface area contributed by atoms with Gasteiger partial charge in [0.05, 0.1) is 18.7 Å². The average molecular weight is 425 g/mol. The van der Waals surface area contributed by atoms with Crippen molar-refractivity contribution in [2.24, 2.45) is 5.92 Å². The van der Waals surface area contributed by atoms with Crippen LogP contribution in [0.15, 0.2) is 47.1 Å². The predicted octanol–water partition coefficient (Wildman–Crippen LogP) is 2.34. The van der Waals surface area contributed by atoms with Crippen molar-refractivity contribution >= 4 is 23.4 Å². The standard InChI is InChI=1S/C23H27N3O5/c27-21-13-17(23(29)24-14-20-5-4-12-30-20)15-26(21)18-6-8-19(9-7-18)31-16-22(28)25-10-2-1-3-11-25/h4-9,12,17H,1-3,10-11,13-16H2,(H,24,29)/t17-/m1/s1. The van der Waals surface area contributed by atoms with Crippen molar-refractivity contribution in [3.8, 4) is 5.75 Å². The number of piperidine rings is 1. The van der Waals surface area contributed by atoms with Gasteiger partial charge in [-0.2, -0.15) is 0 Å². The predicted molar refractivity (Wildman–Crippen MR) is 113 cm³/mol. The quantitative estimate of drug-likeness (QED) is 0.735. The summed E-state index contributed by atoms with van der Waals surface area (Å²) in [5.74, 6) is 0.593. The summed E-state index contributed by atoms with van der Waals surface area (Å²) >= 11 is 0. The van der Waals surface area contributed by atoms with Gasteiger partial charge in [0, 0.05) is 31.7 Å². The van der Waals surface area contributed by atoms with Crippen LogP contribution in [0.1, 0.15) is 31.4 Å². The van der Waals surface area contributed by atoms with Gasteiger partial charge in [-0.1, -0.05) is 0 Å². The molecule has 2 aliphatic heterocycles. The van der Waals surface area contributed by atoms with Crippen molar-refractivity contribution in [2.75, 3.05) is 31.1 Å². The zero-order valence-electron chi connectivity index (χ0n) is 17.4. The van der Waals surface area contributed by atoms with Crippen LogP contribution in [0.25, 0.3) is 0 Å². The van der Waals surface area contributed by atoms with Crippen LogP contribution in [-0.4, -0.2) is 48.9 Å². The number of benzene rings is 1. The monoisotopic (exact) mass is 425 g/mol. The molecule has 0 unspecified atom stereocenters. The number of hydrogen-bond donors (Lipinski definition) is 1. The first-order valence-corrected chi connectivity index (χ1v) is 10.7. The Hall–Kier alpha value is -3.29. The van der Waals surface area contributed by atoms with E-state index < -0.39 is 5.92 Å². The second kappa shape index (κ2) is 9.68. The highest BCUT2D eigenvalue weighted by molar-refractivity contribution is 6.00. The maximum Gasteiger partial charge on any atom is 0.260 e.